The first-order valence-corrected chi connectivity index (χ1v) is 8.71. The number of rotatable bonds is 6. The van der Waals surface area contributed by atoms with Gasteiger partial charge in [-0.3, -0.25) is 0 Å². The van der Waals surface area contributed by atoms with Crippen LogP contribution in [0.3, 0.4) is 0 Å². The third-order valence-electron chi connectivity index (χ3n) is 4.35. The molecule has 5 heteroatoms. The predicted octanol–water partition coefficient (Wildman–Crippen LogP) is 2.44. The number of nitrogens with one attached hydrogen (secondary N) is 1. The second-order valence-corrected chi connectivity index (χ2v) is 7.49. The van der Waals surface area contributed by atoms with Gasteiger partial charge in [0.05, 0.1) is 25.4 Å². The molecule has 2 rings (SSSR count). The van der Waals surface area contributed by atoms with Gasteiger partial charge in [0.2, 0.25) is 0 Å². The van der Waals surface area contributed by atoms with Crippen molar-refractivity contribution in [1.29, 1.82) is 0 Å². The van der Waals surface area contributed by atoms with E-state index >= 15 is 0 Å². The van der Waals surface area contributed by atoms with E-state index in [2.05, 4.69) is 31.3 Å². The number of morpholine rings is 1. The molecule has 1 aromatic rings. The number of urea groups is 1. The van der Waals surface area contributed by atoms with E-state index in [0.29, 0.717) is 32.7 Å². The monoisotopic (exact) mass is 334 g/mol. The van der Waals surface area contributed by atoms with Crippen molar-refractivity contribution < 1.29 is 14.6 Å². The minimum atomic E-state index is -0.443. The van der Waals surface area contributed by atoms with Crippen LogP contribution in [0, 0.1) is 5.41 Å². The largest absolute Gasteiger partial charge is 0.393 e. The van der Waals surface area contributed by atoms with Crippen molar-refractivity contribution in [3.05, 3.63) is 35.9 Å². The molecule has 2 atom stereocenters. The van der Waals surface area contributed by atoms with Gasteiger partial charge in [-0.15, -0.1) is 0 Å². The van der Waals surface area contributed by atoms with Gasteiger partial charge in [0.15, 0.2) is 0 Å². The average molecular weight is 334 g/mol. The summed E-state index contributed by atoms with van der Waals surface area (Å²) in [5.74, 6) is 0. The first-order valence-electron chi connectivity index (χ1n) is 8.71. The quantitative estimate of drug-likeness (QED) is 0.840. The van der Waals surface area contributed by atoms with Gasteiger partial charge in [-0.1, -0.05) is 44.2 Å². The van der Waals surface area contributed by atoms with Crippen molar-refractivity contribution in [3.63, 3.8) is 0 Å². The lowest BCUT2D eigenvalue weighted by Crippen LogP contribution is -2.54. The van der Waals surface area contributed by atoms with Crippen LogP contribution >= 0.6 is 0 Å². The molecular weight excluding hydrogens is 304 g/mol. The molecule has 0 bridgehead atoms. The summed E-state index contributed by atoms with van der Waals surface area (Å²) in [7, 11) is 0. The van der Waals surface area contributed by atoms with E-state index in [9.17, 15) is 9.90 Å². The van der Waals surface area contributed by atoms with Gasteiger partial charge >= 0.3 is 6.03 Å². The second-order valence-electron chi connectivity index (χ2n) is 7.49. The Labute approximate surface area is 145 Å². The molecule has 5 nitrogen and oxygen atoms in total. The number of hydrogen-bond acceptors (Lipinski definition) is 3. The summed E-state index contributed by atoms with van der Waals surface area (Å²) >= 11 is 0. The molecule has 1 saturated heterocycles. The number of amides is 2. The van der Waals surface area contributed by atoms with Crippen LogP contribution in [0.15, 0.2) is 30.3 Å². The Hall–Kier alpha value is -1.59. The molecule has 1 aromatic carbocycles. The van der Waals surface area contributed by atoms with Crippen LogP contribution in [0.1, 0.15) is 32.8 Å². The predicted molar refractivity (Wildman–Crippen MR) is 94.9 cm³/mol. The Morgan fingerprint density at radius 1 is 1.42 bits per heavy atom. The number of ether oxygens (including phenoxy) is 1. The molecule has 24 heavy (non-hydrogen) atoms. The van der Waals surface area contributed by atoms with E-state index in [0.717, 1.165) is 6.42 Å². The zero-order chi connectivity index (χ0) is 17.6. The molecule has 1 heterocycles. The van der Waals surface area contributed by atoms with Crippen LogP contribution in [0.2, 0.25) is 0 Å². The molecule has 2 amide bonds. The lowest BCUT2D eigenvalue weighted by atomic mass is 9.86. The zero-order valence-electron chi connectivity index (χ0n) is 15.0. The van der Waals surface area contributed by atoms with Crippen LogP contribution in [0.5, 0.6) is 0 Å². The Morgan fingerprint density at radius 3 is 2.79 bits per heavy atom. The Balaban J connectivity index is 1.88. The summed E-state index contributed by atoms with van der Waals surface area (Å²) in [5, 5.41) is 12.7. The number of benzene rings is 1. The van der Waals surface area contributed by atoms with Crippen LogP contribution in [-0.4, -0.2) is 54.5 Å². The molecule has 1 aliphatic heterocycles. The van der Waals surface area contributed by atoms with E-state index in [4.69, 9.17) is 4.74 Å². The lowest BCUT2D eigenvalue weighted by molar-refractivity contribution is -0.00468. The van der Waals surface area contributed by atoms with E-state index in [1.165, 1.54) is 5.56 Å². The summed E-state index contributed by atoms with van der Waals surface area (Å²) in [6.45, 7) is 8.29. The molecule has 0 radical (unpaired) electrons. The SMILES string of the molecule is C[C@H](O)C[C@@H]1COCCN1C(=O)NCC(C)(C)Cc1ccccc1. The molecule has 1 fully saturated rings. The highest BCUT2D eigenvalue weighted by Gasteiger charge is 2.29. The van der Waals surface area contributed by atoms with Crippen molar-refractivity contribution in [3.8, 4) is 0 Å². The number of carbonyl (C=O) groups is 1. The maximum atomic E-state index is 12.6. The molecule has 134 valence electrons. The third-order valence-corrected chi connectivity index (χ3v) is 4.35. The second kappa shape index (κ2) is 8.49. The minimum Gasteiger partial charge on any atom is -0.393 e. The first kappa shape index (κ1) is 18.7. The van der Waals surface area contributed by atoms with Gasteiger partial charge in [-0.05, 0) is 30.7 Å². The Bertz CT molecular complexity index is 517. The highest BCUT2D eigenvalue weighted by molar-refractivity contribution is 5.74. The minimum absolute atomic E-state index is 0.0247. The summed E-state index contributed by atoms with van der Waals surface area (Å²) < 4.78 is 5.46. The van der Waals surface area contributed by atoms with Gasteiger partial charge in [-0.2, -0.15) is 0 Å². The topological polar surface area (TPSA) is 61.8 Å². The molecule has 0 saturated carbocycles. The maximum Gasteiger partial charge on any atom is 0.317 e. The molecular formula is C19H30N2O3. The van der Waals surface area contributed by atoms with Gasteiger partial charge in [0.1, 0.15) is 0 Å². The normalized spacial score (nSPS) is 19.8. The fraction of sp³-hybridized carbons (Fsp3) is 0.632. The fourth-order valence-corrected chi connectivity index (χ4v) is 3.14. The summed E-state index contributed by atoms with van der Waals surface area (Å²) in [4.78, 5) is 14.4. The molecule has 1 aliphatic rings. The van der Waals surface area contributed by atoms with Crippen molar-refractivity contribution >= 4 is 6.03 Å². The third kappa shape index (κ3) is 5.80. The van der Waals surface area contributed by atoms with Crippen molar-refractivity contribution in [2.75, 3.05) is 26.3 Å². The highest BCUT2D eigenvalue weighted by atomic mass is 16.5. The Kier molecular flexibility index (Phi) is 6.63. The zero-order valence-corrected chi connectivity index (χ0v) is 15.0. The fourth-order valence-electron chi connectivity index (χ4n) is 3.14. The Morgan fingerprint density at radius 2 is 2.12 bits per heavy atom. The number of aliphatic hydroxyl groups excluding tert-OH is 1. The molecule has 0 aromatic heterocycles. The highest BCUT2D eigenvalue weighted by Crippen LogP contribution is 2.21. The summed E-state index contributed by atoms with van der Waals surface area (Å²) in [5.41, 5.74) is 1.25. The van der Waals surface area contributed by atoms with E-state index in [-0.39, 0.29) is 17.5 Å². The number of aliphatic hydroxyl groups is 1. The smallest absolute Gasteiger partial charge is 0.317 e. The lowest BCUT2D eigenvalue weighted by Gasteiger charge is -2.37. The average Bonchev–Trinajstić information content (AvgIpc) is 2.53. The van der Waals surface area contributed by atoms with Gasteiger partial charge in [0, 0.05) is 13.1 Å². The summed E-state index contributed by atoms with van der Waals surface area (Å²) in [6.07, 6.45) is 1.01. The van der Waals surface area contributed by atoms with Gasteiger partial charge < -0.3 is 20.1 Å². The van der Waals surface area contributed by atoms with E-state index < -0.39 is 6.10 Å². The number of nitrogens with zero attached hydrogens (tertiary/aromatic N) is 1. The molecule has 0 aliphatic carbocycles. The first-order chi connectivity index (χ1) is 11.4. The molecule has 0 unspecified atom stereocenters. The number of hydrogen-bond donors (Lipinski definition) is 2. The van der Waals surface area contributed by atoms with Crippen LogP contribution < -0.4 is 5.32 Å². The van der Waals surface area contributed by atoms with Crippen LogP contribution in [-0.2, 0) is 11.2 Å². The van der Waals surface area contributed by atoms with Crippen LogP contribution in [0.4, 0.5) is 4.79 Å². The van der Waals surface area contributed by atoms with Crippen LogP contribution in [0.25, 0.3) is 0 Å². The van der Waals surface area contributed by atoms with Crippen molar-refractivity contribution in [1.82, 2.24) is 10.2 Å². The maximum absolute atomic E-state index is 12.6. The van der Waals surface area contributed by atoms with Gasteiger partial charge in [-0.25, -0.2) is 4.79 Å². The van der Waals surface area contributed by atoms with Crippen molar-refractivity contribution in [2.24, 2.45) is 5.41 Å². The standard InChI is InChI=1S/C19H30N2O3/c1-15(22)11-17-13-24-10-9-21(17)18(23)20-14-19(2,3)12-16-7-5-4-6-8-16/h4-8,15,17,22H,9-14H2,1-3H3,(H,20,23)/t15-,17+/m0/s1. The summed E-state index contributed by atoms with van der Waals surface area (Å²) in [6, 6.07) is 10.2. The molecule has 2 N–H and O–H groups in total. The van der Waals surface area contributed by atoms with E-state index in [1.54, 1.807) is 11.8 Å². The number of carbonyl (C=O) groups excluding carboxylic acids is 1. The van der Waals surface area contributed by atoms with E-state index in [1.807, 2.05) is 18.2 Å². The van der Waals surface area contributed by atoms with Gasteiger partial charge in [0.25, 0.3) is 0 Å². The molecule has 0 spiro atoms. The van der Waals surface area contributed by atoms with Crippen molar-refractivity contribution in [2.45, 2.75) is 45.8 Å².